The predicted octanol–water partition coefficient (Wildman–Crippen LogP) is 0.334. The van der Waals surface area contributed by atoms with Gasteiger partial charge in [-0.05, 0) is 19.1 Å². The van der Waals surface area contributed by atoms with Crippen LogP contribution < -0.4 is 4.90 Å². The first-order valence-electron chi connectivity index (χ1n) is 9.35. The van der Waals surface area contributed by atoms with Crippen LogP contribution in [0.25, 0.3) is 0 Å². The van der Waals surface area contributed by atoms with E-state index in [-0.39, 0.29) is 18.6 Å². The second kappa shape index (κ2) is 8.65. The SMILES string of the molecule is CC(C(=O)N1CCN(c2ccccc2)CC1)N1CCN(CCO)CC1. The van der Waals surface area contributed by atoms with Crippen molar-refractivity contribution in [1.82, 2.24) is 14.7 Å². The van der Waals surface area contributed by atoms with Gasteiger partial charge in [0.15, 0.2) is 0 Å². The number of carbonyl (C=O) groups excluding carboxylic acids is 1. The number of anilines is 1. The summed E-state index contributed by atoms with van der Waals surface area (Å²) >= 11 is 0. The molecular formula is C19H30N4O2. The molecule has 25 heavy (non-hydrogen) atoms. The van der Waals surface area contributed by atoms with Gasteiger partial charge in [-0.3, -0.25) is 14.6 Å². The second-order valence-corrected chi connectivity index (χ2v) is 6.93. The van der Waals surface area contributed by atoms with Gasteiger partial charge in [-0.25, -0.2) is 0 Å². The summed E-state index contributed by atoms with van der Waals surface area (Å²) in [5.41, 5.74) is 1.24. The maximum Gasteiger partial charge on any atom is 0.239 e. The van der Waals surface area contributed by atoms with Gasteiger partial charge in [0.1, 0.15) is 0 Å². The van der Waals surface area contributed by atoms with Crippen molar-refractivity contribution in [2.45, 2.75) is 13.0 Å². The quantitative estimate of drug-likeness (QED) is 0.833. The van der Waals surface area contributed by atoms with E-state index in [2.05, 4.69) is 39.0 Å². The molecule has 1 aromatic carbocycles. The number of aliphatic hydroxyl groups excluding tert-OH is 1. The minimum absolute atomic E-state index is 0.0560. The molecule has 0 bridgehead atoms. The van der Waals surface area contributed by atoms with E-state index in [0.717, 1.165) is 58.9 Å². The van der Waals surface area contributed by atoms with E-state index >= 15 is 0 Å². The Balaban J connectivity index is 1.47. The van der Waals surface area contributed by atoms with Crippen LogP contribution in [-0.4, -0.2) is 97.3 Å². The lowest BCUT2D eigenvalue weighted by Gasteiger charge is -2.41. The molecule has 2 aliphatic heterocycles. The highest BCUT2D eigenvalue weighted by Crippen LogP contribution is 2.17. The summed E-state index contributed by atoms with van der Waals surface area (Å²) in [5, 5.41) is 9.04. The van der Waals surface area contributed by atoms with Crippen LogP contribution in [0.5, 0.6) is 0 Å². The molecule has 2 heterocycles. The number of para-hydroxylation sites is 1. The highest BCUT2D eigenvalue weighted by molar-refractivity contribution is 5.81. The number of aliphatic hydroxyl groups is 1. The molecule has 1 aromatic rings. The topological polar surface area (TPSA) is 50.3 Å². The third-order valence-electron chi connectivity index (χ3n) is 5.44. The van der Waals surface area contributed by atoms with Crippen LogP contribution in [0.2, 0.25) is 0 Å². The van der Waals surface area contributed by atoms with E-state index in [4.69, 9.17) is 5.11 Å². The van der Waals surface area contributed by atoms with E-state index in [1.165, 1.54) is 5.69 Å². The molecule has 138 valence electrons. The average molecular weight is 346 g/mol. The third-order valence-corrected chi connectivity index (χ3v) is 5.44. The molecule has 0 radical (unpaired) electrons. The van der Waals surface area contributed by atoms with Crippen LogP contribution in [0.3, 0.4) is 0 Å². The van der Waals surface area contributed by atoms with Crippen LogP contribution in [-0.2, 0) is 4.79 Å². The summed E-state index contributed by atoms with van der Waals surface area (Å²) in [6.45, 7) is 10.0. The second-order valence-electron chi connectivity index (χ2n) is 6.93. The van der Waals surface area contributed by atoms with Gasteiger partial charge in [0.05, 0.1) is 12.6 Å². The van der Waals surface area contributed by atoms with Gasteiger partial charge >= 0.3 is 0 Å². The summed E-state index contributed by atoms with van der Waals surface area (Å²) in [4.78, 5) is 21.8. The van der Waals surface area contributed by atoms with Gasteiger partial charge in [-0.1, -0.05) is 18.2 Å². The number of β-amino-alcohol motifs (C(OH)–C–C–N with tert-alkyl or cyclic N) is 1. The Hall–Kier alpha value is -1.63. The molecule has 1 N–H and O–H groups in total. The number of nitrogens with zero attached hydrogens (tertiary/aromatic N) is 4. The Bertz CT molecular complexity index is 538. The van der Waals surface area contributed by atoms with E-state index in [0.29, 0.717) is 0 Å². The zero-order valence-electron chi connectivity index (χ0n) is 15.2. The van der Waals surface area contributed by atoms with Crippen LogP contribution >= 0.6 is 0 Å². The minimum Gasteiger partial charge on any atom is -0.395 e. The van der Waals surface area contributed by atoms with Crippen molar-refractivity contribution >= 4 is 11.6 Å². The van der Waals surface area contributed by atoms with Crippen molar-refractivity contribution in [2.75, 3.05) is 70.4 Å². The normalized spacial score (nSPS) is 21.4. The van der Waals surface area contributed by atoms with E-state index < -0.39 is 0 Å². The van der Waals surface area contributed by atoms with Crippen molar-refractivity contribution in [3.05, 3.63) is 30.3 Å². The van der Waals surface area contributed by atoms with Crippen LogP contribution in [0.15, 0.2) is 30.3 Å². The number of benzene rings is 1. The molecule has 0 aliphatic carbocycles. The first-order chi connectivity index (χ1) is 12.2. The highest BCUT2D eigenvalue weighted by atomic mass is 16.3. The van der Waals surface area contributed by atoms with Gasteiger partial charge in [0, 0.05) is 64.6 Å². The van der Waals surface area contributed by atoms with Gasteiger partial charge in [0.25, 0.3) is 0 Å². The molecule has 1 unspecified atom stereocenters. The van der Waals surface area contributed by atoms with Crippen molar-refractivity contribution in [3.8, 4) is 0 Å². The molecule has 0 aromatic heterocycles. The number of hydrogen-bond acceptors (Lipinski definition) is 5. The zero-order chi connectivity index (χ0) is 17.6. The summed E-state index contributed by atoms with van der Waals surface area (Å²) < 4.78 is 0. The molecule has 2 saturated heterocycles. The smallest absolute Gasteiger partial charge is 0.239 e. The van der Waals surface area contributed by atoms with Gasteiger partial charge in [-0.15, -0.1) is 0 Å². The zero-order valence-corrected chi connectivity index (χ0v) is 15.2. The number of rotatable bonds is 5. The first kappa shape index (κ1) is 18.2. The fourth-order valence-corrected chi connectivity index (χ4v) is 3.76. The molecule has 0 saturated carbocycles. The number of carbonyl (C=O) groups is 1. The number of piperazine rings is 2. The molecule has 1 atom stereocenters. The lowest BCUT2D eigenvalue weighted by atomic mass is 10.1. The molecular weight excluding hydrogens is 316 g/mol. The fourth-order valence-electron chi connectivity index (χ4n) is 3.76. The average Bonchev–Trinajstić information content (AvgIpc) is 2.68. The predicted molar refractivity (Wildman–Crippen MR) is 99.8 cm³/mol. The van der Waals surface area contributed by atoms with E-state index in [1.54, 1.807) is 0 Å². The van der Waals surface area contributed by atoms with Gasteiger partial charge < -0.3 is 14.9 Å². The van der Waals surface area contributed by atoms with Crippen molar-refractivity contribution < 1.29 is 9.90 Å². The molecule has 2 fully saturated rings. The van der Waals surface area contributed by atoms with Crippen molar-refractivity contribution in [2.24, 2.45) is 0 Å². The molecule has 3 rings (SSSR count). The standard InChI is InChI=1S/C19H30N4O2/c1-17(21-9-7-20(8-10-21)15-16-24)19(25)23-13-11-22(12-14-23)18-5-3-2-4-6-18/h2-6,17,24H,7-16H2,1H3. The summed E-state index contributed by atoms with van der Waals surface area (Å²) in [6, 6.07) is 10.4. The first-order valence-corrected chi connectivity index (χ1v) is 9.35. The number of amides is 1. The van der Waals surface area contributed by atoms with Crippen molar-refractivity contribution in [1.29, 1.82) is 0 Å². The Morgan fingerprint density at radius 1 is 1.00 bits per heavy atom. The number of hydrogen-bond donors (Lipinski definition) is 1. The molecule has 0 spiro atoms. The molecule has 2 aliphatic rings. The van der Waals surface area contributed by atoms with Crippen molar-refractivity contribution in [3.63, 3.8) is 0 Å². The van der Waals surface area contributed by atoms with Crippen LogP contribution in [0.1, 0.15) is 6.92 Å². The Labute approximate surface area is 150 Å². The maximum atomic E-state index is 12.9. The monoisotopic (exact) mass is 346 g/mol. The molecule has 6 nitrogen and oxygen atoms in total. The fraction of sp³-hybridized carbons (Fsp3) is 0.632. The summed E-state index contributed by atoms with van der Waals surface area (Å²) in [7, 11) is 0. The van der Waals surface area contributed by atoms with E-state index in [9.17, 15) is 4.79 Å². The lowest BCUT2D eigenvalue weighted by Crippen LogP contribution is -2.57. The third kappa shape index (κ3) is 4.51. The molecule has 6 heteroatoms. The maximum absolute atomic E-state index is 12.9. The Morgan fingerprint density at radius 3 is 2.24 bits per heavy atom. The lowest BCUT2D eigenvalue weighted by molar-refractivity contribution is -0.137. The Morgan fingerprint density at radius 2 is 1.64 bits per heavy atom. The van der Waals surface area contributed by atoms with Crippen LogP contribution in [0, 0.1) is 0 Å². The van der Waals surface area contributed by atoms with Gasteiger partial charge in [-0.2, -0.15) is 0 Å². The van der Waals surface area contributed by atoms with Gasteiger partial charge in [0.2, 0.25) is 5.91 Å². The molecule has 1 amide bonds. The van der Waals surface area contributed by atoms with Crippen LogP contribution in [0.4, 0.5) is 5.69 Å². The summed E-state index contributed by atoms with van der Waals surface area (Å²) in [6.07, 6.45) is 0. The summed E-state index contributed by atoms with van der Waals surface area (Å²) in [5.74, 6) is 0.253. The Kier molecular flexibility index (Phi) is 6.29. The minimum atomic E-state index is -0.0560. The highest BCUT2D eigenvalue weighted by Gasteiger charge is 2.30. The largest absolute Gasteiger partial charge is 0.395 e. The van der Waals surface area contributed by atoms with E-state index in [1.807, 2.05) is 17.9 Å².